The van der Waals surface area contributed by atoms with Crippen molar-refractivity contribution in [1.82, 2.24) is 10.2 Å². The second-order valence-corrected chi connectivity index (χ2v) is 13.8. The lowest BCUT2D eigenvalue weighted by atomic mass is 10.1. The van der Waals surface area contributed by atoms with Crippen LogP contribution in [0.25, 0.3) is 0 Å². The maximum Gasteiger partial charge on any atom is 0.264 e. The molecule has 13 heteroatoms. The van der Waals surface area contributed by atoms with Crippen LogP contribution in [0.2, 0.25) is 10.0 Å². The summed E-state index contributed by atoms with van der Waals surface area (Å²) in [4.78, 5) is 28.7. The van der Waals surface area contributed by atoms with Gasteiger partial charge in [0.15, 0.2) is 11.5 Å². The van der Waals surface area contributed by atoms with Gasteiger partial charge in [-0.15, -0.1) is 0 Å². The highest BCUT2D eigenvalue weighted by Crippen LogP contribution is 2.33. The highest BCUT2D eigenvalue weighted by molar-refractivity contribution is 7.92. The Morgan fingerprint density at radius 3 is 2.07 bits per heavy atom. The molecular weight excluding hydrogens is 641 g/mol. The second kappa shape index (κ2) is 15.1. The zero-order valence-corrected chi connectivity index (χ0v) is 28.7. The number of nitrogens with zero attached hydrogens (tertiary/aromatic N) is 2. The van der Waals surface area contributed by atoms with E-state index >= 15 is 0 Å². The molecule has 1 N–H and O–H groups in total. The van der Waals surface area contributed by atoms with E-state index in [1.54, 1.807) is 49.4 Å². The number of hydrogen-bond acceptors (Lipinski definition) is 7. The van der Waals surface area contributed by atoms with Crippen molar-refractivity contribution in [3.05, 3.63) is 76.3 Å². The largest absolute Gasteiger partial charge is 0.494 e. The Kier molecular flexibility index (Phi) is 12.0. The molecule has 0 saturated carbocycles. The normalized spacial score (nSPS) is 12.2. The topological polar surface area (TPSA) is 114 Å². The van der Waals surface area contributed by atoms with E-state index in [1.165, 1.54) is 37.3 Å². The number of hydrogen-bond donors (Lipinski definition) is 1. The first kappa shape index (κ1) is 35.8. The first-order chi connectivity index (χ1) is 21.1. The van der Waals surface area contributed by atoms with Crippen LogP contribution in [-0.4, -0.2) is 64.1 Å². The summed E-state index contributed by atoms with van der Waals surface area (Å²) in [6.45, 7) is 8.46. The first-order valence-electron chi connectivity index (χ1n) is 14.1. The predicted octanol–water partition coefficient (Wildman–Crippen LogP) is 5.94. The fraction of sp³-hybridized carbons (Fsp3) is 0.375. The number of rotatable bonds is 13. The molecular formula is C32H39Cl2N3O7S. The molecule has 1 atom stereocenters. The number of carbonyl (C=O) groups excluding carboxylic acids is 2. The second-order valence-electron chi connectivity index (χ2n) is 11.1. The Balaban J connectivity index is 2.13. The molecule has 0 heterocycles. The quantitative estimate of drug-likeness (QED) is 0.238. The van der Waals surface area contributed by atoms with Gasteiger partial charge in [0, 0.05) is 33.8 Å². The molecule has 0 aliphatic heterocycles. The molecule has 0 fully saturated rings. The average molecular weight is 681 g/mol. The number of carbonyl (C=O) groups is 2. The minimum absolute atomic E-state index is 0.138. The molecule has 1 unspecified atom stereocenters. The zero-order valence-electron chi connectivity index (χ0n) is 26.4. The number of amides is 2. The minimum atomic E-state index is -4.37. The van der Waals surface area contributed by atoms with Gasteiger partial charge in [-0.1, -0.05) is 29.3 Å². The number of methoxy groups -OCH3 is 2. The average Bonchev–Trinajstić information content (AvgIpc) is 2.98. The molecule has 3 aromatic rings. The predicted molar refractivity (Wildman–Crippen MR) is 176 cm³/mol. The molecule has 0 bridgehead atoms. The van der Waals surface area contributed by atoms with Crippen molar-refractivity contribution < 1.29 is 32.2 Å². The van der Waals surface area contributed by atoms with Crippen LogP contribution < -0.4 is 23.8 Å². The van der Waals surface area contributed by atoms with Gasteiger partial charge >= 0.3 is 0 Å². The summed E-state index contributed by atoms with van der Waals surface area (Å²) in [7, 11) is -1.54. The van der Waals surface area contributed by atoms with Crippen LogP contribution in [0.3, 0.4) is 0 Å². The van der Waals surface area contributed by atoms with Crippen LogP contribution in [0.4, 0.5) is 5.69 Å². The molecule has 0 spiro atoms. The molecule has 0 saturated heterocycles. The molecule has 3 aromatic carbocycles. The zero-order chi connectivity index (χ0) is 33.5. The van der Waals surface area contributed by atoms with Crippen LogP contribution in [-0.2, 0) is 26.2 Å². The Morgan fingerprint density at radius 1 is 0.933 bits per heavy atom. The summed E-state index contributed by atoms with van der Waals surface area (Å²) < 4.78 is 45.6. The summed E-state index contributed by atoms with van der Waals surface area (Å²) in [6.07, 6.45) is 0. The summed E-state index contributed by atoms with van der Waals surface area (Å²) in [6, 6.07) is 14.4. The van der Waals surface area contributed by atoms with Crippen LogP contribution in [0.1, 0.15) is 40.2 Å². The maximum atomic E-state index is 14.2. The molecule has 0 radical (unpaired) electrons. The third kappa shape index (κ3) is 8.96. The lowest BCUT2D eigenvalue weighted by Crippen LogP contribution is -2.54. The van der Waals surface area contributed by atoms with Crippen molar-refractivity contribution in [2.45, 2.75) is 57.6 Å². The van der Waals surface area contributed by atoms with Gasteiger partial charge in [-0.05, 0) is 83.1 Å². The summed E-state index contributed by atoms with van der Waals surface area (Å²) in [5.41, 5.74) is 0.0248. The van der Waals surface area contributed by atoms with Crippen molar-refractivity contribution in [2.24, 2.45) is 0 Å². The van der Waals surface area contributed by atoms with E-state index in [-0.39, 0.29) is 22.9 Å². The van der Waals surface area contributed by atoms with Crippen molar-refractivity contribution >= 4 is 50.7 Å². The first-order valence-corrected chi connectivity index (χ1v) is 16.3. The SMILES string of the molecule is CCOc1ccc(N(CC(=O)N(Cc2c(Cl)cccc2Cl)C(C)C(=O)NC(C)(C)C)S(=O)(=O)c2ccc(OC)c(OC)c2)cc1. The molecule has 244 valence electrons. The van der Waals surface area contributed by atoms with Crippen molar-refractivity contribution in [2.75, 3.05) is 31.7 Å². The van der Waals surface area contributed by atoms with Crippen LogP contribution in [0.15, 0.2) is 65.6 Å². The van der Waals surface area contributed by atoms with E-state index in [1.807, 2.05) is 27.7 Å². The van der Waals surface area contributed by atoms with Gasteiger partial charge < -0.3 is 24.4 Å². The van der Waals surface area contributed by atoms with E-state index < -0.39 is 40.0 Å². The van der Waals surface area contributed by atoms with E-state index in [9.17, 15) is 18.0 Å². The number of anilines is 1. The molecule has 45 heavy (non-hydrogen) atoms. The Labute approximate surface area is 275 Å². The lowest BCUT2D eigenvalue weighted by molar-refractivity contribution is -0.140. The van der Waals surface area contributed by atoms with Crippen molar-refractivity contribution in [1.29, 1.82) is 0 Å². The molecule has 10 nitrogen and oxygen atoms in total. The van der Waals surface area contributed by atoms with Gasteiger partial charge in [-0.3, -0.25) is 13.9 Å². The van der Waals surface area contributed by atoms with E-state index in [4.69, 9.17) is 37.4 Å². The minimum Gasteiger partial charge on any atom is -0.494 e. The standard InChI is InChI=1S/C32H39Cl2N3O7S/c1-8-44-23-14-12-22(13-15-23)37(45(40,41)24-16-17-28(42-6)29(18-24)43-7)20-30(38)36(21(2)31(39)35-32(3,4)5)19-25-26(33)10-9-11-27(25)34/h9-18,21H,8,19-20H2,1-7H3,(H,35,39). The van der Waals surface area contributed by atoms with Gasteiger partial charge in [-0.25, -0.2) is 8.42 Å². The van der Waals surface area contributed by atoms with E-state index in [0.717, 1.165) is 4.31 Å². The number of halogens is 2. The third-order valence-corrected chi connectivity index (χ3v) is 9.19. The smallest absolute Gasteiger partial charge is 0.264 e. The van der Waals surface area contributed by atoms with Crippen molar-refractivity contribution in [3.63, 3.8) is 0 Å². The van der Waals surface area contributed by atoms with Crippen molar-refractivity contribution in [3.8, 4) is 17.2 Å². The van der Waals surface area contributed by atoms with E-state index in [0.29, 0.717) is 33.7 Å². The summed E-state index contributed by atoms with van der Waals surface area (Å²) in [5.74, 6) is -0.0472. The number of sulfonamides is 1. The molecule has 0 aromatic heterocycles. The molecule has 0 aliphatic rings. The van der Waals surface area contributed by atoms with Crippen LogP contribution in [0.5, 0.6) is 17.2 Å². The summed E-state index contributed by atoms with van der Waals surface area (Å²) >= 11 is 12.9. The van der Waals surface area contributed by atoms with Gasteiger partial charge in [0.25, 0.3) is 10.0 Å². The van der Waals surface area contributed by atoms with Gasteiger partial charge in [0.05, 0.1) is 31.4 Å². The fourth-order valence-corrected chi connectivity index (χ4v) is 6.37. The molecule has 3 rings (SSSR count). The van der Waals surface area contributed by atoms with Crippen LogP contribution in [0, 0.1) is 0 Å². The maximum absolute atomic E-state index is 14.2. The Hall–Kier alpha value is -3.67. The highest BCUT2D eigenvalue weighted by Gasteiger charge is 2.34. The summed E-state index contributed by atoms with van der Waals surface area (Å²) in [5, 5.41) is 3.47. The number of benzene rings is 3. The highest BCUT2D eigenvalue weighted by atomic mass is 35.5. The third-order valence-electron chi connectivity index (χ3n) is 6.71. The lowest BCUT2D eigenvalue weighted by Gasteiger charge is -2.34. The van der Waals surface area contributed by atoms with Gasteiger partial charge in [0.1, 0.15) is 18.3 Å². The van der Waals surface area contributed by atoms with Gasteiger partial charge in [-0.2, -0.15) is 0 Å². The van der Waals surface area contributed by atoms with Gasteiger partial charge in [0.2, 0.25) is 11.8 Å². The fourth-order valence-electron chi connectivity index (χ4n) is 4.42. The van der Waals surface area contributed by atoms with E-state index in [2.05, 4.69) is 5.32 Å². The van der Waals surface area contributed by atoms with Crippen LogP contribution >= 0.6 is 23.2 Å². The molecule has 0 aliphatic carbocycles. The number of ether oxygens (including phenoxy) is 3. The Bertz CT molecular complexity index is 1590. The Morgan fingerprint density at radius 2 is 1.53 bits per heavy atom. The number of nitrogens with one attached hydrogen (secondary N) is 1. The monoisotopic (exact) mass is 679 g/mol. The molecule has 2 amide bonds.